The van der Waals surface area contributed by atoms with Crippen molar-refractivity contribution in [3.63, 3.8) is 0 Å². The number of nitriles is 1. The van der Waals surface area contributed by atoms with Crippen molar-refractivity contribution >= 4 is 6.29 Å². The van der Waals surface area contributed by atoms with E-state index in [0.29, 0.717) is 30.0 Å². The lowest BCUT2D eigenvalue weighted by atomic mass is 10.0. The molecule has 1 unspecified atom stereocenters. The Bertz CT molecular complexity index is 731. The van der Waals surface area contributed by atoms with Gasteiger partial charge in [0, 0.05) is 13.0 Å². The quantitative estimate of drug-likeness (QED) is 0.762. The van der Waals surface area contributed by atoms with Gasteiger partial charge in [-0.15, -0.1) is 5.10 Å². The number of aldehydes is 1. The highest BCUT2D eigenvalue weighted by Crippen LogP contribution is 2.32. The third-order valence-electron chi connectivity index (χ3n) is 3.65. The van der Waals surface area contributed by atoms with Crippen LogP contribution in [0.5, 0.6) is 5.75 Å². The number of carbonyl (C=O) groups excluding carboxylic acids is 1. The summed E-state index contributed by atoms with van der Waals surface area (Å²) in [5.74, 6) is 1.16. The van der Waals surface area contributed by atoms with E-state index < -0.39 is 0 Å². The number of nitrogens with zero attached hydrogens (tertiary/aromatic N) is 5. The van der Waals surface area contributed by atoms with Crippen LogP contribution < -0.4 is 4.74 Å². The first-order valence-corrected chi connectivity index (χ1v) is 6.56. The fraction of sp³-hybridized carbons (Fsp3) is 0.357. The molecule has 7 heteroatoms. The van der Waals surface area contributed by atoms with Gasteiger partial charge in [-0.2, -0.15) is 5.26 Å². The Kier molecular flexibility index (Phi) is 3.36. The zero-order chi connectivity index (χ0) is 14.8. The van der Waals surface area contributed by atoms with Crippen LogP contribution in [0.15, 0.2) is 12.1 Å². The minimum absolute atomic E-state index is 0.0368. The monoisotopic (exact) mass is 283 g/mol. The van der Waals surface area contributed by atoms with Crippen LogP contribution in [0.25, 0.3) is 0 Å². The summed E-state index contributed by atoms with van der Waals surface area (Å²) >= 11 is 0. The number of aromatic nitrogens is 4. The summed E-state index contributed by atoms with van der Waals surface area (Å²) in [4.78, 5) is 10.9. The highest BCUT2D eigenvalue weighted by molar-refractivity contribution is 5.61. The summed E-state index contributed by atoms with van der Waals surface area (Å²) in [6.07, 6.45) is 2.25. The van der Waals surface area contributed by atoms with Crippen molar-refractivity contribution in [2.24, 2.45) is 13.0 Å². The normalized spacial score (nSPS) is 16.3. The van der Waals surface area contributed by atoms with Gasteiger partial charge in [-0.05, 0) is 46.5 Å². The number of hydrogen-bond donors (Lipinski definition) is 0. The van der Waals surface area contributed by atoms with Gasteiger partial charge in [0.2, 0.25) is 0 Å². The average molecular weight is 283 g/mol. The maximum atomic E-state index is 10.9. The highest BCUT2D eigenvalue weighted by Gasteiger charge is 2.24. The molecule has 7 nitrogen and oxygen atoms in total. The first kappa shape index (κ1) is 13.2. The van der Waals surface area contributed by atoms with Gasteiger partial charge in [0.05, 0.1) is 11.6 Å². The van der Waals surface area contributed by atoms with E-state index in [9.17, 15) is 10.1 Å². The van der Waals surface area contributed by atoms with Crippen molar-refractivity contribution in [1.29, 1.82) is 5.26 Å². The summed E-state index contributed by atoms with van der Waals surface area (Å²) in [5, 5.41) is 20.4. The Hall–Kier alpha value is -2.75. The smallest absolute Gasteiger partial charge is 0.188 e. The number of aryl methyl sites for hydroxylation is 1. The lowest BCUT2D eigenvalue weighted by Crippen LogP contribution is -2.05. The van der Waals surface area contributed by atoms with Gasteiger partial charge >= 0.3 is 0 Å². The number of benzene rings is 1. The zero-order valence-electron chi connectivity index (χ0n) is 11.5. The molecule has 1 heterocycles. The molecule has 1 atom stereocenters. The maximum absolute atomic E-state index is 10.9. The van der Waals surface area contributed by atoms with Crippen LogP contribution in [0.4, 0.5) is 0 Å². The molecule has 3 rings (SSSR count). The largest absolute Gasteiger partial charge is 0.485 e. The lowest BCUT2D eigenvalue weighted by molar-refractivity contribution is -0.110. The highest BCUT2D eigenvalue weighted by atomic mass is 16.5. The fourth-order valence-corrected chi connectivity index (χ4v) is 2.54. The predicted molar refractivity (Wildman–Crippen MR) is 71.2 cm³/mol. The minimum Gasteiger partial charge on any atom is -0.485 e. The number of tetrazole rings is 1. The fourth-order valence-electron chi connectivity index (χ4n) is 2.54. The molecule has 1 aromatic carbocycles. The molecule has 0 aliphatic heterocycles. The Balaban J connectivity index is 1.83. The minimum atomic E-state index is -0.0368. The van der Waals surface area contributed by atoms with Gasteiger partial charge in [-0.3, -0.25) is 0 Å². The first-order chi connectivity index (χ1) is 10.2. The van der Waals surface area contributed by atoms with Crippen LogP contribution in [0.3, 0.4) is 0 Å². The van der Waals surface area contributed by atoms with Crippen molar-refractivity contribution in [2.45, 2.75) is 19.4 Å². The molecule has 0 spiro atoms. The molecule has 0 fully saturated rings. The van der Waals surface area contributed by atoms with E-state index in [0.717, 1.165) is 17.4 Å². The predicted octanol–water partition coefficient (Wildman–Crippen LogP) is 0.574. The van der Waals surface area contributed by atoms with E-state index in [1.54, 1.807) is 13.1 Å². The van der Waals surface area contributed by atoms with Crippen molar-refractivity contribution < 1.29 is 9.53 Å². The molecular weight excluding hydrogens is 270 g/mol. The van der Waals surface area contributed by atoms with Gasteiger partial charge < -0.3 is 9.53 Å². The van der Waals surface area contributed by atoms with Crippen LogP contribution in [0.1, 0.15) is 22.5 Å². The molecule has 1 aliphatic rings. The van der Waals surface area contributed by atoms with E-state index in [1.807, 2.05) is 6.07 Å². The summed E-state index contributed by atoms with van der Waals surface area (Å²) in [6, 6.07) is 5.77. The summed E-state index contributed by atoms with van der Waals surface area (Å²) in [6.45, 7) is 0.226. The number of carbonyl (C=O) groups is 1. The molecule has 0 saturated heterocycles. The second kappa shape index (κ2) is 5.32. The molecule has 21 heavy (non-hydrogen) atoms. The standard InChI is InChI=1S/C14H13N5O2/c1-19-14(16-17-18-19)8-21-12-4-10-2-9(7-20)3-13(10)11(5-12)6-15/h4-5,7,9H,2-3,8H2,1H3. The van der Waals surface area contributed by atoms with E-state index in [2.05, 4.69) is 21.6 Å². The molecule has 106 valence electrons. The molecular formula is C14H13N5O2. The molecule has 0 radical (unpaired) electrons. The van der Waals surface area contributed by atoms with Gasteiger partial charge in [-0.25, -0.2) is 4.68 Å². The number of fused-ring (bicyclic) bond motifs is 1. The van der Waals surface area contributed by atoms with Crippen LogP contribution in [-0.4, -0.2) is 26.5 Å². The van der Waals surface area contributed by atoms with Crippen LogP contribution in [0.2, 0.25) is 0 Å². The van der Waals surface area contributed by atoms with E-state index in [-0.39, 0.29) is 12.5 Å². The SMILES string of the molecule is Cn1nnnc1COc1cc(C#N)c2c(c1)CC(C=O)C2. The van der Waals surface area contributed by atoms with Crippen molar-refractivity contribution in [3.05, 3.63) is 34.6 Å². The van der Waals surface area contributed by atoms with E-state index in [1.165, 1.54) is 4.68 Å². The van der Waals surface area contributed by atoms with Crippen LogP contribution in [0, 0.1) is 17.2 Å². The van der Waals surface area contributed by atoms with Crippen LogP contribution >= 0.6 is 0 Å². The Morgan fingerprint density at radius 3 is 3.05 bits per heavy atom. The number of ether oxygens (including phenoxy) is 1. The van der Waals surface area contributed by atoms with E-state index in [4.69, 9.17) is 4.74 Å². The number of hydrogen-bond acceptors (Lipinski definition) is 6. The van der Waals surface area contributed by atoms with Gasteiger partial charge in [-0.1, -0.05) is 0 Å². The summed E-state index contributed by atoms with van der Waals surface area (Å²) in [7, 11) is 1.73. The number of rotatable bonds is 4. The Labute approximate surface area is 121 Å². The zero-order valence-corrected chi connectivity index (χ0v) is 11.5. The van der Waals surface area contributed by atoms with Crippen molar-refractivity contribution in [2.75, 3.05) is 0 Å². The molecule has 0 saturated carbocycles. The van der Waals surface area contributed by atoms with Crippen molar-refractivity contribution in [1.82, 2.24) is 20.2 Å². The molecule has 1 aromatic heterocycles. The van der Waals surface area contributed by atoms with Gasteiger partial charge in [0.25, 0.3) is 0 Å². The summed E-state index contributed by atoms with van der Waals surface area (Å²) < 4.78 is 7.19. The molecule has 0 N–H and O–H groups in total. The molecule has 1 aliphatic carbocycles. The van der Waals surface area contributed by atoms with Crippen LogP contribution in [-0.2, 0) is 31.3 Å². The topological polar surface area (TPSA) is 93.7 Å². The first-order valence-electron chi connectivity index (χ1n) is 6.56. The molecule has 0 amide bonds. The van der Waals surface area contributed by atoms with Crippen molar-refractivity contribution in [3.8, 4) is 11.8 Å². The third-order valence-corrected chi connectivity index (χ3v) is 3.65. The Morgan fingerprint density at radius 2 is 2.38 bits per heavy atom. The molecule has 0 bridgehead atoms. The lowest BCUT2D eigenvalue weighted by Gasteiger charge is -2.08. The van der Waals surface area contributed by atoms with Gasteiger partial charge in [0.1, 0.15) is 18.6 Å². The van der Waals surface area contributed by atoms with E-state index >= 15 is 0 Å². The summed E-state index contributed by atoms with van der Waals surface area (Å²) in [5.41, 5.74) is 2.54. The average Bonchev–Trinajstić information content (AvgIpc) is 3.09. The maximum Gasteiger partial charge on any atom is 0.188 e. The third kappa shape index (κ3) is 2.48. The molecule has 2 aromatic rings. The Morgan fingerprint density at radius 1 is 1.52 bits per heavy atom. The second-order valence-electron chi connectivity index (χ2n) is 5.03. The van der Waals surface area contributed by atoms with Gasteiger partial charge in [0.15, 0.2) is 5.82 Å². The second-order valence-corrected chi connectivity index (χ2v) is 5.03.